The van der Waals surface area contributed by atoms with E-state index in [0.717, 1.165) is 33.9 Å². The average molecular weight is 327 g/mol. The van der Waals surface area contributed by atoms with Gasteiger partial charge in [0.25, 0.3) is 5.56 Å². The molecule has 2 aromatic heterocycles. The molecule has 0 unspecified atom stereocenters. The lowest BCUT2D eigenvalue weighted by atomic mass is 10.1. The Morgan fingerprint density at radius 3 is 2.70 bits per heavy atom. The molecule has 0 bridgehead atoms. The summed E-state index contributed by atoms with van der Waals surface area (Å²) in [7, 11) is 0. The number of rotatable bonds is 2. The molecule has 0 spiro atoms. The van der Waals surface area contributed by atoms with Crippen molar-refractivity contribution in [1.82, 2.24) is 9.97 Å². The largest absolute Gasteiger partial charge is 0.378 e. The van der Waals surface area contributed by atoms with Gasteiger partial charge in [0, 0.05) is 18.0 Å². The van der Waals surface area contributed by atoms with Gasteiger partial charge < -0.3 is 9.64 Å². The van der Waals surface area contributed by atoms with Crippen LogP contribution in [0.15, 0.2) is 35.1 Å². The van der Waals surface area contributed by atoms with Gasteiger partial charge >= 0.3 is 0 Å². The molecule has 1 aliphatic rings. The van der Waals surface area contributed by atoms with E-state index in [-0.39, 0.29) is 5.56 Å². The van der Waals surface area contributed by atoms with Crippen LogP contribution in [0.3, 0.4) is 0 Å². The van der Waals surface area contributed by atoms with Crippen molar-refractivity contribution < 1.29 is 4.74 Å². The standard InChI is InChI=1S/C17H17N3O2S/c1-11-13-15(21)18-17(20-7-9-22-10-8-20)19-16(13)23-14(11)12-5-3-2-4-6-12/h2-6H,7-10H2,1H3,(H,18,19,21). The molecular formula is C17H17N3O2S. The summed E-state index contributed by atoms with van der Waals surface area (Å²) in [5.74, 6) is 0.645. The molecule has 0 saturated carbocycles. The van der Waals surface area contributed by atoms with Crippen LogP contribution in [0.5, 0.6) is 0 Å². The lowest BCUT2D eigenvalue weighted by molar-refractivity contribution is 0.122. The van der Waals surface area contributed by atoms with Crippen LogP contribution in [-0.4, -0.2) is 36.3 Å². The maximum Gasteiger partial charge on any atom is 0.261 e. The Morgan fingerprint density at radius 2 is 1.96 bits per heavy atom. The van der Waals surface area contributed by atoms with E-state index in [2.05, 4.69) is 22.0 Å². The van der Waals surface area contributed by atoms with Crippen molar-refractivity contribution in [2.45, 2.75) is 6.92 Å². The van der Waals surface area contributed by atoms with E-state index in [1.54, 1.807) is 11.3 Å². The SMILES string of the molecule is Cc1c(-c2ccccc2)sc2nc(N3CCOCC3)[nH]c(=O)c12. The molecule has 1 aromatic carbocycles. The van der Waals surface area contributed by atoms with Crippen molar-refractivity contribution >= 4 is 27.5 Å². The van der Waals surface area contributed by atoms with Crippen LogP contribution < -0.4 is 10.5 Å². The van der Waals surface area contributed by atoms with Gasteiger partial charge in [0.1, 0.15) is 4.83 Å². The average Bonchev–Trinajstić information content (AvgIpc) is 2.94. The second-order valence-electron chi connectivity index (χ2n) is 5.59. The third kappa shape index (κ3) is 2.54. The summed E-state index contributed by atoms with van der Waals surface area (Å²) in [6, 6.07) is 10.1. The quantitative estimate of drug-likeness (QED) is 0.786. The maximum atomic E-state index is 12.6. The monoisotopic (exact) mass is 327 g/mol. The second kappa shape index (κ2) is 5.79. The van der Waals surface area contributed by atoms with E-state index < -0.39 is 0 Å². The highest BCUT2D eigenvalue weighted by Crippen LogP contribution is 2.35. The highest BCUT2D eigenvalue weighted by molar-refractivity contribution is 7.22. The number of ether oxygens (including phenoxy) is 1. The van der Waals surface area contributed by atoms with Crippen LogP contribution in [0.25, 0.3) is 20.7 Å². The van der Waals surface area contributed by atoms with Crippen molar-refractivity contribution in [3.05, 3.63) is 46.2 Å². The van der Waals surface area contributed by atoms with E-state index in [1.165, 1.54) is 0 Å². The number of morpholine rings is 1. The number of nitrogens with one attached hydrogen (secondary N) is 1. The van der Waals surface area contributed by atoms with Crippen molar-refractivity contribution in [2.75, 3.05) is 31.2 Å². The third-order valence-electron chi connectivity index (χ3n) is 4.13. The van der Waals surface area contributed by atoms with Gasteiger partial charge in [-0.15, -0.1) is 11.3 Å². The topological polar surface area (TPSA) is 58.2 Å². The molecule has 1 N–H and O–H groups in total. The fourth-order valence-corrected chi connectivity index (χ4v) is 4.10. The molecule has 0 atom stereocenters. The van der Waals surface area contributed by atoms with Crippen molar-refractivity contribution in [3.8, 4) is 10.4 Å². The molecular weight excluding hydrogens is 310 g/mol. The Labute approximate surface area is 137 Å². The van der Waals surface area contributed by atoms with Crippen LogP contribution in [-0.2, 0) is 4.74 Å². The number of aryl methyl sites for hydroxylation is 1. The Balaban J connectivity index is 1.85. The van der Waals surface area contributed by atoms with Gasteiger partial charge in [0.05, 0.1) is 18.6 Å². The van der Waals surface area contributed by atoms with Crippen LogP contribution in [0.2, 0.25) is 0 Å². The zero-order valence-electron chi connectivity index (χ0n) is 12.8. The molecule has 4 rings (SSSR count). The number of fused-ring (bicyclic) bond motifs is 1. The molecule has 0 amide bonds. The number of aromatic amines is 1. The lowest BCUT2D eigenvalue weighted by Gasteiger charge is -2.26. The molecule has 0 aliphatic carbocycles. The molecule has 3 heterocycles. The molecule has 118 valence electrons. The number of aromatic nitrogens is 2. The van der Waals surface area contributed by atoms with Gasteiger partial charge in [-0.1, -0.05) is 30.3 Å². The number of H-pyrrole nitrogens is 1. The smallest absolute Gasteiger partial charge is 0.261 e. The predicted molar refractivity (Wildman–Crippen MR) is 93.4 cm³/mol. The Bertz CT molecular complexity index is 895. The molecule has 1 fully saturated rings. The molecule has 1 saturated heterocycles. The molecule has 23 heavy (non-hydrogen) atoms. The summed E-state index contributed by atoms with van der Waals surface area (Å²) in [6.45, 7) is 4.84. The second-order valence-corrected chi connectivity index (χ2v) is 6.59. The van der Waals surface area contributed by atoms with Crippen LogP contribution in [0.1, 0.15) is 5.56 Å². The Kier molecular flexibility index (Phi) is 3.63. The van der Waals surface area contributed by atoms with E-state index in [4.69, 9.17) is 9.72 Å². The Morgan fingerprint density at radius 1 is 1.22 bits per heavy atom. The normalized spacial score (nSPS) is 15.3. The first-order valence-electron chi connectivity index (χ1n) is 7.65. The number of thiophene rings is 1. The van der Waals surface area contributed by atoms with Crippen LogP contribution in [0.4, 0.5) is 5.95 Å². The third-order valence-corrected chi connectivity index (χ3v) is 5.37. The number of nitrogens with zero attached hydrogens (tertiary/aromatic N) is 2. The summed E-state index contributed by atoms with van der Waals surface area (Å²) < 4.78 is 5.36. The minimum absolute atomic E-state index is 0.0626. The fourth-order valence-electron chi connectivity index (χ4n) is 2.92. The van der Waals surface area contributed by atoms with E-state index in [0.29, 0.717) is 24.5 Å². The van der Waals surface area contributed by atoms with E-state index in [1.807, 2.05) is 25.1 Å². The maximum absolute atomic E-state index is 12.6. The lowest BCUT2D eigenvalue weighted by Crippen LogP contribution is -2.38. The highest BCUT2D eigenvalue weighted by atomic mass is 32.1. The van der Waals surface area contributed by atoms with E-state index in [9.17, 15) is 4.79 Å². The zero-order chi connectivity index (χ0) is 15.8. The first kappa shape index (κ1) is 14.4. The van der Waals surface area contributed by atoms with Crippen molar-refractivity contribution in [1.29, 1.82) is 0 Å². The summed E-state index contributed by atoms with van der Waals surface area (Å²) >= 11 is 1.58. The van der Waals surface area contributed by atoms with Gasteiger partial charge in [-0.25, -0.2) is 4.98 Å². The van der Waals surface area contributed by atoms with Crippen LogP contribution >= 0.6 is 11.3 Å². The minimum Gasteiger partial charge on any atom is -0.378 e. The number of anilines is 1. The van der Waals surface area contributed by atoms with Crippen molar-refractivity contribution in [2.24, 2.45) is 0 Å². The van der Waals surface area contributed by atoms with Gasteiger partial charge in [-0.2, -0.15) is 0 Å². The molecule has 5 nitrogen and oxygen atoms in total. The highest BCUT2D eigenvalue weighted by Gasteiger charge is 2.19. The van der Waals surface area contributed by atoms with Crippen molar-refractivity contribution in [3.63, 3.8) is 0 Å². The van der Waals surface area contributed by atoms with Crippen LogP contribution in [0, 0.1) is 6.92 Å². The minimum atomic E-state index is -0.0626. The number of hydrogen-bond donors (Lipinski definition) is 1. The molecule has 0 radical (unpaired) electrons. The molecule has 6 heteroatoms. The summed E-state index contributed by atoms with van der Waals surface area (Å²) in [5, 5.41) is 0.700. The number of benzene rings is 1. The van der Waals surface area contributed by atoms with E-state index >= 15 is 0 Å². The zero-order valence-corrected chi connectivity index (χ0v) is 13.7. The summed E-state index contributed by atoms with van der Waals surface area (Å²) in [6.07, 6.45) is 0. The number of hydrogen-bond acceptors (Lipinski definition) is 5. The Hall–Kier alpha value is -2.18. The molecule has 3 aromatic rings. The predicted octanol–water partition coefficient (Wildman–Crippen LogP) is 2.80. The first-order chi connectivity index (χ1) is 11.2. The van der Waals surface area contributed by atoms with Gasteiger partial charge in [0.2, 0.25) is 5.95 Å². The fraction of sp³-hybridized carbons (Fsp3) is 0.294. The van der Waals surface area contributed by atoms with Gasteiger partial charge in [-0.05, 0) is 18.1 Å². The van der Waals surface area contributed by atoms with Gasteiger partial charge in [0.15, 0.2) is 0 Å². The van der Waals surface area contributed by atoms with Gasteiger partial charge in [-0.3, -0.25) is 9.78 Å². The first-order valence-corrected chi connectivity index (χ1v) is 8.47. The summed E-state index contributed by atoms with van der Waals surface area (Å²) in [4.78, 5) is 24.2. The summed E-state index contributed by atoms with van der Waals surface area (Å²) in [5.41, 5.74) is 2.06. The molecule has 1 aliphatic heterocycles.